The highest BCUT2D eigenvalue weighted by atomic mass is 35.5. The van der Waals surface area contributed by atoms with E-state index in [9.17, 15) is 4.79 Å². The maximum absolute atomic E-state index is 11.6. The van der Waals surface area contributed by atoms with Crippen LogP contribution in [-0.4, -0.2) is 18.7 Å². The number of nitrogens with one attached hydrogen (secondary N) is 1. The van der Waals surface area contributed by atoms with E-state index in [0.29, 0.717) is 10.8 Å². The number of nitrogens with zero attached hydrogens (tertiary/aromatic N) is 1. The number of benzene rings is 2. The van der Waals surface area contributed by atoms with Crippen LogP contribution in [0.3, 0.4) is 0 Å². The van der Waals surface area contributed by atoms with Crippen molar-refractivity contribution in [3.8, 4) is 5.75 Å². The lowest BCUT2D eigenvalue weighted by molar-refractivity contribution is -0.123. The molecule has 0 heterocycles. The fourth-order valence-corrected chi connectivity index (χ4v) is 1.91. The second-order valence-electron chi connectivity index (χ2n) is 4.90. The first-order chi connectivity index (χ1) is 10.5. The minimum Gasteiger partial charge on any atom is -0.484 e. The summed E-state index contributed by atoms with van der Waals surface area (Å²) in [6, 6.07) is 12.9. The Morgan fingerprint density at radius 1 is 1.23 bits per heavy atom. The minimum absolute atomic E-state index is 0.105. The summed E-state index contributed by atoms with van der Waals surface area (Å²) >= 11 is 5.77. The SMILES string of the molecule is Cc1ccc(C)c(/C=N\NC(=O)COc2ccc(Cl)cc2)c1. The van der Waals surface area contributed by atoms with Crippen LogP contribution in [0.5, 0.6) is 5.75 Å². The zero-order valence-electron chi connectivity index (χ0n) is 12.5. The maximum atomic E-state index is 11.6. The predicted octanol–water partition coefficient (Wildman–Crippen LogP) is 3.49. The van der Waals surface area contributed by atoms with Crippen molar-refractivity contribution in [1.29, 1.82) is 0 Å². The quantitative estimate of drug-likeness (QED) is 0.678. The van der Waals surface area contributed by atoms with Crippen LogP contribution in [0.15, 0.2) is 47.6 Å². The van der Waals surface area contributed by atoms with Crippen LogP contribution in [0.4, 0.5) is 0 Å². The number of halogens is 1. The molecule has 5 heteroatoms. The highest BCUT2D eigenvalue weighted by Crippen LogP contribution is 2.15. The molecule has 2 aromatic carbocycles. The lowest BCUT2D eigenvalue weighted by atomic mass is 10.1. The molecule has 0 unspecified atom stereocenters. The van der Waals surface area contributed by atoms with Crippen molar-refractivity contribution in [1.82, 2.24) is 5.43 Å². The lowest BCUT2D eigenvalue weighted by Gasteiger charge is -2.05. The van der Waals surface area contributed by atoms with Gasteiger partial charge in [-0.1, -0.05) is 35.4 Å². The molecule has 0 spiro atoms. The third-order valence-corrected chi connectivity index (χ3v) is 3.26. The molecule has 0 aromatic heterocycles. The van der Waals surface area contributed by atoms with Crippen molar-refractivity contribution in [2.24, 2.45) is 5.10 Å². The van der Waals surface area contributed by atoms with Crippen molar-refractivity contribution in [2.45, 2.75) is 13.8 Å². The summed E-state index contributed by atoms with van der Waals surface area (Å²) in [5.41, 5.74) is 5.65. The van der Waals surface area contributed by atoms with Crippen molar-refractivity contribution < 1.29 is 9.53 Å². The smallest absolute Gasteiger partial charge is 0.277 e. The van der Waals surface area contributed by atoms with Crippen molar-refractivity contribution in [2.75, 3.05) is 6.61 Å². The monoisotopic (exact) mass is 316 g/mol. The van der Waals surface area contributed by atoms with Gasteiger partial charge in [-0.3, -0.25) is 4.79 Å². The molecule has 0 aliphatic carbocycles. The summed E-state index contributed by atoms with van der Waals surface area (Å²) < 4.78 is 5.32. The summed E-state index contributed by atoms with van der Waals surface area (Å²) in [7, 11) is 0. The second-order valence-corrected chi connectivity index (χ2v) is 5.33. The maximum Gasteiger partial charge on any atom is 0.277 e. The number of ether oxygens (including phenoxy) is 1. The van der Waals surface area contributed by atoms with Crippen LogP contribution in [0.2, 0.25) is 5.02 Å². The molecule has 0 aliphatic heterocycles. The molecular formula is C17H17ClN2O2. The molecule has 22 heavy (non-hydrogen) atoms. The number of hydrazone groups is 1. The molecule has 2 aromatic rings. The van der Waals surface area contributed by atoms with E-state index in [2.05, 4.69) is 10.5 Å². The Hall–Kier alpha value is -2.33. The van der Waals surface area contributed by atoms with Crippen LogP contribution in [0, 0.1) is 13.8 Å². The molecule has 0 fully saturated rings. The van der Waals surface area contributed by atoms with E-state index in [4.69, 9.17) is 16.3 Å². The van der Waals surface area contributed by atoms with Gasteiger partial charge in [0.05, 0.1) is 6.21 Å². The standard InChI is InChI=1S/C17H17ClN2O2/c1-12-3-4-13(2)14(9-12)10-19-20-17(21)11-22-16-7-5-15(18)6-8-16/h3-10H,11H2,1-2H3,(H,20,21)/b19-10-. The fraction of sp³-hybridized carbons (Fsp3) is 0.176. The first-order valence-corrected chi connectivity index (χ1v) is 7.20. The molecule has 0 atom stereocenters. The number of hydrogen-bond donors (Lipinski definition) is 1. The number of carbonyl (C=O) groups excluding carboxylic acids is 1. The summed E-state index contributed by atoms with van der Waals surface area (Å²) in [6.07, 6.45) is 1.63. The van der Waals surface area contributed by atoms with Crippen LogP contribution < -0.4 is 10.2 Å². The van der Waals surface area contributed by atoms with E-state index < -0.39 is 0 Å². The second kappa shape index (κ2) is 7.61. The highest BCUT2D eigenvalue weighted by molar-refractivity contribution is 6.30. The summed E-state index contributed by atoms with van der Waals surface area (Å²) in [6.45, 7) is 3.90. The van der Waals surface area contributed by atoms with E-state index in [1.165, 1.54) is 0 Å². The Morgan fingerprint density at radius 3 is 2.68 bits per heavy atom. The lowest BCUT2D eigenvalue weighted by Crippen LogP contribution is -2.24. The average Bonchev–Trinajstić information content (AvgIpc) is 2.50. The number of rotatable bonds is 5. The van der Waals surface area contributed by atoms with E-state index >= 15 is 0 Å². The molecule has 0 saturated carbocycles. The Kier molecular flexibility index (Phi) is 5.55. The van der Waals surface area contributed by atoms with Gasteiger partial charge < -0.3 is 4.74 Å². The highest BCUT2D eigenvalue weighted by Gasteiger charge is 2.01. The molecule has 0 radical (unpaired) electrons. The molecule has 114 valence electrons. The Balaban J connectivity index is 1.83. The van der Waals surface area contributed by atoms with Gasteiger partial charge >= 0.3 is 0 Å². The topological polar surface area (TPSA) is 50.7 Å². The molecular weight excluding hydrogens is 300 g/mol. The molecule has 4 nitrogen and oxygen atoms in total. The third-order valence-electron chi connectivity index (χ3n) is 3.01. The normalized spacial score (nSPS) is 10.7. The Morgan fingerprint density at radius 2 is 1.95 bits per heavy atom. The van der Waals surface area contributed by atoms with Gasteiger partial charge in [0.2, 0.25) is 0 Å². The molecule has 1 N–H and O–H groups in total. The number of amides is 1. The number of hydrogen-bond acceptors (Lipinski definition) is 3. The molecule has 0 bridgehead atoms. The van der Waals surface area contributed by atoms with Gasteiger partial charge in [-0.15, -0.1) is 0 Å². The van der Waals surface area contributed by atoms with E-state index in [1.807, 2.05) is 32.0 Å². The predicted molar refractivity (Wildman–Crippen MR) is 88.6 cm³/mol. The average molecular weight is 317 g/mol. The first kappa shape index (κ1) is 16.0. The van der Waals surface area contributed by atoms with E-state index in [0.717, 1.165) is 16.7 Å². The summed E-state index contributed by atoms with van der Waals surface area (Å²) in [4.78, 5) is 11.6. The fourth-order valence-electron chi connectivity index (χ4n) is 1.78. The number of aryl methyl sites for hydroxylation is 2. The van der Waals surface area contributed by atoms with Gasteiger partial charge in [-0.25, -0.2) is 5.43 Å². The molecule has 0 aliphatic rings. The largest absolute Gasteiger partial charge is 0.484 e. The molecule has 2 rings (SSSR count). The zero-order chi connectivity index (χ0) is 15.9. The van der Waals surface area contributed by atoms with Crippen LogP contribution in [0.25, 0.3) is 0 Å². The Labute approximate surface area is 134 Å². The van der Waals surface area contributed by atoms with Crippen LogP contribution in [-0.2, 0) is 4.79 Å². The van der Waals surface area contributed by atoms with Crippen LogP contribution in [0.1, 0.15) is 16.7 Å². The van der Waals surface area contributed by atoms with Gasteiger partial charge in [-0.2, -0.15) is 5.10 Å². The molecule has 1 amide bonds. The minimum atomic E-state index is -0.323. The van der Waals surface area contributed by atoms with Crippen molar-refractivity contribution in [3.05, 3.63) is 64.2 Å². The van der Waals surface area contributed by atoms with Crippen molar-refractivity contribution >= 4 is 23.7 Å². The zero-order valence-corrected chi connectivity index (χ0v) is 13.2. The van der Waals surface area contributed by atoms with Crippen molar-refractivity contribution in [3.63, 3.8) is 0 Å². The third kappa shape index (κ3) is 4.90. The van der Waals surface area contributed by atoms with Crippen LogP contribution >= 0.6 is 11.6 Å². The van der Waals surface area contributed by atoms with Gasteiger partial charge in [0.15, 0.2) is 6.61 Å². The van der Waals surface area contributed by atoms with Gasteiger partial charge in [-0.05, 0) is 49.2 Å². The first-order valence-electron chi connectivity index (χ1n) is 6.82. The number of carbonyl (C=O) groups is 1. The summed E-state index contributed by atoms with van der Waals surface area (Å²) in [5.74, 6) is 0.259. The van der Waals surface area contributed by atoms with E-state index in [-0.39, 0.29) is 12.5 Å². The van der Waals surface area contributed by atoms with Gasteiger partial charge in [0, 0.05) is 5.02 Å². The molecule has 0 saturated heterocycles. The van der Waals surface area contributed by atoms with Gasteiger partial charge in [0.25, 0.3) is 5.91 Å². The summed E-state index contributed by atoms with van der Waals surface area (Å²) in [5, 5.41) is 4.56. The van der Waals surface area contributed by atoms with E-state index in [1.54, 1.807) is 30.5 Å². The van der Waals surface area contributed by atoms with Gasteiger partial charge in [0.1, 0.15) is 5.75 Å². The Bertz CT molecular complexity index is 682.